The van der Waals surface area contributed by atoms with Crippen LogP contribution in [-0.2, 0) is 22.1 Å². The van der Waals surface area contributed by atoms with Crippen molar-refractivity contribution in [3.05, 3.63) is 29.8 Å². The summed E-state index contributed by atoms with van der Waals surface area (Å²) in [5, 5.41) is 0. The van der Waals surface area contributed by atoms with Gasteiger partial charge in [-0.2, -0.15) is 0 Å². The zero-order valence-corrected chi connectivity index (χ0v) is 11.2. The van der Waals surface area contributed by atoms with Crippen LogP contribution in [0.3, 0.4) is 0 Å². The van der Waals surface area contributed by atoms with Gasteiger partial charge >= 0.3 is 0 Å². The van der Waals surface area contributed by atoms with Crippen LogP contribution in [0.15, 0.2) is 29.2 Å². The Labute approximate surface area is 106 Å². The first-order valence-corrected chi connectivity index (χ1v) is 7.57. The molecule has 0 radical (unpaired) electrons. The maximum atomic E-state index is 12.1. The molecule has 0 aromatic heterocycles. The molecule has 0 saturated heterocycles. The fourth-order valence-electron chi connectivity index (χ4n) is 2.39. The van der Waals surface area contributed by atoms with Crippen LogP contribution in [0.2, 0.25) is 0 Å². The molecule has 0 unspecified atom stereocenters. The lowest BCUT2D eigenvalue weighted by atomic mass is 10.1. The highest BCUT2D eigenvalue weighted by atomic mass is 32.2. The van der Waals surface area contributed by atoms with E-state index in [0.717, 1.165) is 16.2 Å². The van der Waals surface area contributed by atoms with E-state index in [4.69, 9.17) is 4.74 Å². The minimum atomic E-state index is -0.826. The Morgan fingerprint density at radius 3 is 2.47 bits per heavy atom. The smallest absolute Gasteiger partial charge is 0.0713 e. The minimum Gasteiger partial charge on any atom is -0.380 e. The van der Waals surface area contributed by atoms with Crippen molar-refractivity contribution in [2.75, 3.05) is 12.9 Å². The molecular formula is C14H20O2S. The van der Waals surface area contributed by atoms with E-state index >= 15 is 0 Å². The summed E-state index contributed by atoms with van der Waals surface area (Å²) in [4.78, 5) is 0.955. The lowest BCUT2D eigenvalue weighted by Crippen LogP contribution is -2.07. The van der Waals surface area contributed by atoms with Gasteiger partial charge in [-0.25, -0.2) is 0 Å². The predicted molar refractivity (Wildman–Crippen MR) is 70.4 cm³/mol. The van der Waals surface area contributed by atoms with Crippen LogP contribution in [0.25, 0.3) is 0 Å². The summed E-state index contributed by atoms with van der Waals surface area (Å²) < 4.78 is 17.2. The van der Waals surface area contributed by atoms with E-state index in [-0.39, 0.29) is 0 Å². The molecule has 1 aromatic rings. The molecule has 0 bridgehead atoms. The topological polar surface area (TPSA) is 26.3 Å². The van der Waals surface area contributed by atoms with Gasteiger partial charge in [0.05, 0.1) is 17.4 Å². The Morgan fingerprint density at radius 2 is 1.88 bits per heavy atom. The van der Waals surface area contributed by atoms with Crippen LogP contribution in [0.5, 0.6) is 0 Å². The molecule has 1 saturated carbocycles. The van der Waals surface area contributed by atoms with Gasteiger partial charge in [0, 0.05) is 17.8 Å². The second-order valence-corrected chi connectivity index (χ2v) is 6.24. The molecule has 1 aromatic carbocycles. The number of methoxy groups -OCH3 is 1. The maximum absolute atomic E-state index is 12.1. The van der Waals surface area contributed by atoms with Gasteiger partial charge in [0.15, 0.2) is 0 Å². The van der Waals surface area contributed by atoms with E-state index in [2.05, 4.69) is 0 Å². The van der Waals surface area contributed by atoms with Crippen molar-refractivity contribution < 1.29 is 8.95 Å². The summed E-state index contributed by atoms with van der Waals surface area (Å²) in [6.45, 7) is 0.621. The minimum absolute atomic E-state index is 0.621. The Bertz CT molecular complexity index is 366. The first-order chi connectivity index (χ1) is 8.29. The first kappa shape index (κ1) is 12.8. The third-order valence-electron chi connectivity index (χ3n) is 3.36. The van der Waals surface area contributed by atoms with Crippen molar-refractivity contribution in [2.45, 2.75) is 37.2 Å². The fraction of sp³-hybridized carbons (Fsp3) is 0.571. The summed E-state index contributed by atoms with van der Waals surface area (Å²) in [5.74, 6) is 1.51. The summed E-state index contributed by atoms with van der Waals surface area (Å²) in [7, 11) is 0.860. The van der Waals surface area contributed by atoms with Crippen LogP contribution in [-0.4, -0.2) is 17.1 Å². The van der Waals surface area contributed by atoms with E-state index in [1.165, 1.54) is 25.7 Å². The van der Waals surface area contributed by atoms with Crippen LogP contribution >= 0.6 is 0 Å². The Hall–Kier alpha value is -0.670. The van der Waals surface area contributed by atoms with Gasteiger partial charge in [0.25, 0.3) is 0 Å². The molecule has 1 fully saturated rings. The second-order valence-electron chi connectivity index (χ2n) is 4.74. The van der Waals surface area contributed by atoms with E-state index in [1.807, 2.05) is 24.3 Å². The summed E-state index contributed by atoms with van der Waals surface area (Å²) in [5.41, 5.74) is 1.13. The first-order valence-electron chi connectivity index (χ1n) is 6.26. The highest BCUT2D eigenvalue weighted by molar-refractivity contribution is 7.85. The largest absolute Gasteiger partial charge is 0.380 e. The van der Waals surface area contributed by atoms with Gasteiger partial charge in [-0.15, -0.1) is 0 Å². The van der Waals surface area contributed by atoms with Crippen LogP contribution in [0.4, 0.5) is 0 Å². The molecule has 2 rings (SSSR count). The van der Waals surface area contributed by atoms with Crippen molar-refractivity contribution in [1.29, 1.82) is 0 Å². The SMILES string of the molecule is COCc1ccc([S@@](=O)CC2CCCC2)cc1. The van der Waals surface area contributed by atoms with Gasteiger partial charge in [0.2, 0.25) is 0 Å². The van der Waals surface area contributed by atoms with Gasteiger partial charge in [-0.3, -0.25) is 4.21 Å². The van der Waals surface area contributed by atoms with Crippen LogP contribution in [0.1, 0.15) is 31.2 Å². The number of rotatable bonds is 5. The summed E-state index contributed by atoms with van der Waals surface area (Å²) >= 11 is 0. The van der Waals surface area contributed by atoms with Crippen LogP contribution in [0, 0.1) is 5.92 Å². The second kappa shape index (κ2) is 6.31. The molecule has 0 amide bonds. The van der Waals surface area contributed by atoms with E-state index in [0.29, 0.717) is 12.5 Å². The Morgan fingerprint density at radius 1 is 1.24 bits per heavy atom. The number of ether oxygens (including phenoxy) is 1. The fourth-order valence-corrected chi connectivity index (χ4v) is 3.79. The van der Waals surface area contributed by atoms with Crippen molar-refractivity contribution in [3.8, 4) is 0 Å². The van der Waals surface area contributed by atoms with E-state index in [9.17, 15) is 4.21 Å². The van der Waals surface area contributed by atoms with E-state index in [1.54, 1.807) is 7.11 Å². The standard InChI is InChI=1S/C14H20O2S/c1-16-10-12-6-8-14(9-7-12)17(15)11-13-4-2-3-5-13/h6-9,13H,2-5,10-11H2,1H3/t17-/m0/s1. The Balaban J connectivity index is 1.93. The number of hydrogen-bond donors (Lipinski definition) is 0. The van der Waals surface area contributed by atoms with Gasteiger partial charge in [0.1, 0.15) is 0 Å². The maximum Gasteiger partial charge on any atom is 0.0713 e. The molecule has 1 aliphatic rings. The van der Waals surface area contributed by atoms with Crippen molar-refractivity contribution in [3.63, 3.8) is 0 Å². The number of benzene rings is 1. The molecule has 3 heteroatoms. The highest BCUT2D eigenvalue weighted by Crippen LogP contribution is 2.26. The summed E-state index contributed by atoms with van der Waals surface area (Å²) in [6, 6.07) is 7.95. The third-order valence-corrected chi connectivity index (χ3v) is 4.93. The molecule has 2 nitrogen and oxygen atoms in total. The van der Waals surface area contributed by atoms with E-state index < -0.39 is 10.8 Å². The van der Waals surface area contributed by atoms with Crippen molar-refractivity contribution >= 4 is 10.8 Å². The molecule has 17 heavy (non-hydrogen) atoms. The van der Waals surface area contributed by atoms with Gasteiger partial charge < -0.3 is 4.74 Å². The third kappa shape index (κ3) is 3.65. The molecule has 1 aliphatic carbocycles. The average Bonchev–Trinajstić information content (AvgIpc) is 2.83. The van der Waals surface area contributed by atoms with Gasteiger partial charge in [-0.05, 0) is 36.5 Å². The normalized spacial score (nSPS) is 18.4. The molecule has 1 atom stereocenters. The van der Waals surface area contributed by atoms with Crippen molar-refractivity contribution in [2.24, 2.45) is 5.92 Å². The number of hydrogen-bond acceptors (Lipinski definition) is 2. The lowest BCUT2D eigenvalue weighted by molar-refractivity contribution is 0.185. The molecular weight excluding hydrogens is 232 g/mol. The zero-order valence-electron chi connectivity index (χ0n) is 10.4. The molecule has 0 heterocycles. The molecule has 0 aliphatic heterocycles. The quantitative estimate of drug-likeness (QED) is 0.804. The lowest BCUT2D eigenvalue weighted by Gasteiger charge is -2.09. The zero-order chi connectivity index (χ0) is 12.1. The monoisotopic (exact) mass is 252 g/mol. The molecule has 0 spiro atoms. The van der Waals surface area contributed by atoms with Crippen LogP contribution < -0.4 is 0 Å². The van der Waals surface area contributed by atoms with Crippen molar-refractivity contribution in [1.82, 2.24) is 0 Å². The predicted octanol–water partition coefficient (Wildman–Crippen LogP) is 3.13. The highest BCUT2D eigenvalue weighted by Gasteiger charge is 2.18. The molecule has 94 valence electrons. The summed E-state index contributed by atoms with van der Waals surface area (Å²) in [6.07, 6.45) is 5.14. The Kier molecular flexibility index (Phi) is 4.75. The average molecular weight is 252 g/mol. The molecule has 0 N–H and O–H groups in total. The van der Waals surface area contributed by atoms with Gasteiger partial charge in [-0.1, -0.05) is 25.0 Å².